The highest BCUT2D eigenvalue weighted by atomic mass is 79.9. The van der Waals surface area contributed by atoms with Crippen molar-refractivity contribution >= 4 is 39.1 Å². The van der Waals surface area contributed by atoms with Crippen LogP contribution < -0.4 is 15.4 Å². The van der Waals surface area contributed by atoms with E-state index in [1.165, 1.54) is 0 Å². The molecule has 0 spiro atoms. The molecule has 166 valence electrons. The van der Waals surface area contributed by atoms with Gasteiger partial charge in [-0.1, -0.05) is 48.0 Å². The molecule has 0 aliphatic carbocycles. The van der Waals surface area contributed by atoms with Gasteiger partial charge in [0.15, 0.2) is 0 Å². The van der Waals surface area contributed by atoms with E-state index in [0.29, 0.717) is 40.8 Å². The van der Waals surface area contributed by atoms with Gasteiger partial charge in [0, 0.05) is 21.4 Å². The Labute approximate surface area is 197 Å². The minimum Gasteiger partial charge on any atom is -0.493 e. The number of benzene rings is 3. The molecule has 5 nitrogen and oxygen atoms in total. The minimum absolute atomic E-state index is 0.169. The molecule has 0 atom stereocenters. The first-order chi connectivity index (χ1) is 15.3. The second-order valence-corrected chi connectivity index (χ2v) is 8.89. The largest absolute Gasteiger partial charge is 0.493 e. The molecule has 2 N–H and O–H groups in total. The van der Waals surface area contributed by atoms with Crippen LogP contribution in [0.3, 0.4) is 0 Å². The highest BCUT2D eigenvalue weighted by molar-refractivity contribution is 9.10. The van der Waals surface area contributed by atoms with Gasteiger partial charge in [0.2, 0.25) is 0 Å². The molecule has 0 aliphatic rings. The molecule has 3 aromatic rings. The number of nitrogens with one attached hydrogen (secondary N) is 2. The van der Waals surface area contributed by atoms with Crippen LogP contribution in [-0.2, 0) is 0 Å². The fourth-order valence-corrected chi connectivity index (χ4v) is 3.43. The number of hydrogen-bond donors (Lipinski definition) is 2. The normalized spacial score (nSPS) is 10.7. The van der Waals surface area contributed by atoms with Crippen LogP contribution in [-0.4, -0.2) is 18.4 Å². The van der Waals surface area contributed by atoms with Crippen molar-refractivity contribution in [1.82, 2.24) is 0 Å². The summed E-state index contributed by atoms with van der Waals surface area (Å²) in [7, 11) is 0. The van der Waals surface area contributed by atoms with E-state index in [4.69, 9.17) is 4.74 Å². The first-order valence-corrected chi connectivity index (χ1v) is 11.3. The highest BCUT2D eigenvalue weighted by Crippen LogP contribution is 2.25. The van der Waals surface area contributed by atoms with Crippen molar-refractivity contribution in [2.75, 3.05) is 17.2 Å². The predicted octanol–water partition coefficient (Wildman–Crippen LogP) is 6.69. The van der Waals surface area contributed by atoms with E-state index in [2.05, 4.69) is 40.4 Å². The number of carbonyl (C=O) groups is 2. The van der Waals surface area contributed by atoms with Gasteiger partial charge >= 0.3 is 0 Å². The van der Waals surface area contributed by atoms with Gasteiger partial charge in [-0.25, -0.2) is 0 Å². The Hall–Kier alpha value is -3.12. The molecule has 32 heavy (non-hydrogen) atoms. The third-order valence-electron chi connectivity index (χ3n) is 4.93. The first-order valence-electron chi connectivity index (χ1n) is 10.5. The molecular weight excluding hydrogens is 468 g/mol. The third kappa shape index (κ3) is 6.44. The van der Waals surface area contributed by atoms with E-state index in [0.717, 1.165) is 16.5 Å². The zero-order valence-electron chi connectivity index (χ0n) is 18.4. The van der Waals surface area contributed by atoms with Crippen molar-refractivity contribution in [2.24, 2.45) is 5.92 Å². The van der Waals surface area contributed by atoms with Crippen molar-refractivity contribution in [2.45, 2.75) is 27.2 Å². The van der Waals surface area contributed by atoms with E-state index in [1.54, 1.807) is 42.5 Å². The Balaban J connectivity index is 1.66. The van der Waals surface area contributed by atoms with E-state index in [-0.39, 0.29) is 11.8 Å². The van der Waals surface area contributed by atoms with Crippen LogP contribution in [0.1, 0.15) is 46.5 Å². The van der Waals surface area contributed by atoms with Crippen LogP contribution >= 0.6 is 15.9 Å². The SMILES string of the molecule is Cc1ccccc1C(=O)Nc1ccc(NC(=O)c2cc(Br)ccc2OCCC(C)C)cc1. The molecule has 3 aromatic carbocycles. The van der Waals surface area contributed by atoms with E-state index in [1.807, 2.05) is 31.2 Å². The molecule has 0 fully saturated rings. The highest BCUT2D eigenvalue weighted by Gasteiger charge is 2.14. The summed E-state index contributed by atoms with van der Waals surface area (Å²) in [4.78, 5) is 25.4. The van der Waals surface area contributed by atoms with Gasteiger partial charge in [0.05, 0.1) is 12.2 Å². The van der Waals surface area contributed by atoms with Gasteiger partial charge in [-0.15, -0.1) is 0 Å². The van der Waals surface area contributed by atoms with E-state index < -0.39 is 0 Å². The van der Waals surface area contributed by atoms with Crippen LogP contribution in [0, 0.1) is 12.8 Å². The van der Waals surface area contributed by atoms with Gasteiger partial charge in [0.25, 0.3) is 11.8 Å². The molecule has 0 heterocycles. The van der Waals surface area contributed by atoms with Crippen molar-refractivity contribution in [3.8, 4) is 5.75 Å². The smallest absolute Gasteiger partial charge is 0.259 e. The Morgan fingerprint density at radius 2 is 1.47 bits per heavy atom. The molecular formula is C26H27BrN2O3. The zero-order valence-corrected chi connectivity index (χ0v) is 20.0. The molecule has 2 amide bonds. The van der Waals surface area contributed by atoms with Crippen LogP contribution in [0.15, 0.2) is 71.2 Å². The number of aryl methyl sites for hydroxylation is 1. The second kappa shape index (κ2) is 11.0. The number of amides is 2. The Morgan fingerprint density at radius 1 is 0.875 bits per heavy atom. The quantitative estimate of drug-likeness (QED) is 0.366. The molecule has 0 aliphatic heterocycles. The molecule has 3 rings (SSSR count). The molecule has 0 aromatic heterocycles. The van der Waals surface area contributed by atoms with Crippen molar-refractivity contribution in [1.29, 1.82) is 0 Å². The van der Waals surface area contributed by atoms with Gasteiger partial charge in [-0.3, -0.25) is 9.59 Å². The topological polar surface area (TPSA) is 67.4 Å². The summed E-state index contributed by atoms with van der Waals surface area (Å²) in [5, 5.41) is 5.78. The first kappa shape index (κ1) is 23.5. The van der Waals surface area contributed by atoms with Crippen LogP contribution in [0.25, 0.3) is 0 Å². The predicted molar refractivity (Wildman–Crippen MR) is 133 cm³/mol. The standard InChI is InChI=1S/C26H27BrN2O3/c1-17(2)14-15-32-24-13-8-19(27)16-23(24)26(31)29-21-11-9-20(10-12-21)28-25(30)22-7-5-4-6-18(22)3/h4-13,16-17H,14-15H2,1-3H3,(H,28,30)(H,29,31). The number of halogens is 1. The molecule has 0 bridgehead atoms. The number of hydrogen-bond acceptors (Lipinski definition) is 3. The summed E-state index contributed by atoms with van der Waals surface area (Å²) in [6, 6.07) is 19.8. The van der Waals surface area contributed by atoms with Gasteiger partial charge in [-0.2, -0.15) is 0 Å². The zero-order chi connectivity index (χ0) is 23.1. The lowest BCUT2D eigenvalue weighted by molar-refractivity contribution is 0.101. The lowest BCUT2D eigenvalue weighted by atomic mass is 10.1. The Kier molecular flexibility index (Phi) is 8.06. The fraction of sp³-hybridized carbons (Fsp3) is 0.231. The molecule has 6 heteroatoms. The summed E-state index contributed by atoms with van der Waals surface area (Å²) in [5.74, 6) is 0.640. The summed E-state index contributed by atoms with van der Waals surface area (Å²) in [6.07, 6.45) is 0.910. The average Bonchev–Trinajstić information content (AvgIpc) is 2.76. The number of anilines is 2. The van der Waals surface area contributed by atoms with Crippen LogP contribution in [0.4, 0.5) is 11.4 Å². The summed E-state index contributed by atoms with van der Waals surface area (Å²) in [5.41, 5.74) is 3.27. The van der Waals surface area contributed by atoms with Crippen LogP contribution in [0.2, 0.25) is 0 Å². The van der Waals surface area contributed by atoms with Gasteiger partial charge in [0.1, 0.15) is 5.75 Å². The average molecular weight is 495 g/mol. The van der Waals surface area contributed by atoms with E-state index in [9.17, 15) is 9.59 Å². The maximum Gasteiger partial charge on any atom is 0.259 e. The maximum absolute atomic E-state index is 12.9. The third-order valence-corrected chi connectivity index (χ3v) is 5.42. The molecule has 0 radical (unpaired) electrons. The van der Waals surface area contributed by atoms with Crippen molar-refractivity contribution < 1.29 is 14.3 Å². The maximum atomic E-state index is 12.9. The lowest BCUT2D eigenvalue weighted by Crippen LogP contribution is -2.15. The monoisotopic (exact) mass is 494 g/mol. The van der Waals surface area contributed by atoms with Crippen LogP contribution in [0.5, 0.6) is 5.75 Å². The number of ether oxygens (including phenoxy) is 1. The summed E-state index contributed by atoms with van der Waals surface area (Å²) >= 11 is 3.42. The summed E-state index contributed by atoms with van der Waals surface area (Å²) in [6.45, 7) is 6.71. The molecule has 0 unspecified atom stereocenters. The number of carbonyl (C=O) groups excluding carboxylic acids is 2. The lowest BCUT2D eigenvalue weighted by Gasteiger charge is -2.13. The van der Waals surface area contributed by atoms with Gasteiger partial charge < -0.3 is 15.4 Å². The fourth-order valence-electron chi connectivity index (χ4n) is 3.07. The Bertz CT molecular complexity index is 1090. The van der Waals surface area contributed by atoms with Crippen molar-refractivity contribution in [3.05, 3.63) is 87.9 Å². The van der Waals surface area contributed by atoms with Gasteiger partial charge in [-0.05, 0) is 73.4 Å². The Morgan fingerprint density at radius 3 is 2.06 bits per heavy atom. The molecule has 0 saturated heterocycles. The van der Waals surface area contributed by atoms with E-state index >= 15 is 0 Å². The summed E-state index contributed by atoms with van der Waals surface area (Å²) < 4.78 is 6.65. The minimum atomic E-state index is -0.262. The second-order valence-electron chi connectivity index (χ2n) is 7.97. The molecule has 0 saturated carbocycles. The number of rotatable bonds is 8. The van der Waals surface area contributed by atoms with Crippen molar-refractivity contribution in [3.63, 3.8) is 0 Å².